The Balaban J connectivity index is 2.89. The van der Waals surface area contributed by atoms with Gasteiger partial charge in [0, 0.05) is 0 Å². The summed E-state index contributed by atoms with van der Waals surface area (Å²) in [6.45, 7) is 5.68. The zero-order valence-corrected chi connectivity index (χ0v) is 11.6. The van der Waals surface area contributed by atoms with E-state index in [1.54, 1.807) is 18.2 Å². The van der Waals surface area contributed by atoms with Crippen LogP contribution in [0.25, 0.3) is 0 Å². The first-order valence-electron chi connectivity index (χ1n) is 5.24. The summed E-state index contributed by atoms with van der Waals surface area (Å²) in [6.07, 6.45) is 0. The highest BCUT2D eigenvalue weighted by molar-refractivity contribution is 6.39. The maximum absolute atomic E-state index is 11.9. The number of carbonyl (C=O) groups excluding carboxylic acids is 1. The number of nitrogens with one attached hydrogen (secondary N) is 1. The van der Waals surface area contributed by atoms with Gasteiger partial charge in [0.25, 0.3) is 0 Å². The molecule has 94 valence electrons. The second-order valence-electron chi connectivity index (χ2n) is 4.93. The summed E-state index contributed by atoms with van der Waals surface area (Å²) in [5.41, 5.74) is 5.93. The van der Waals surface area contributed by atoms with Crippen LogP contribution in [0.15, 0.2) is 18.2 Å². The molecule has 0 heterocycles. The van der Waals surface area contributed by atoms with E-state index in [0.717, 1.165) is 0 Å². The first-order valence-corrected chi connectivity index (χ1v) is 5.99. The molecule has 0 saturated heterocycles. The Morgan fingerprint density at radius 2 is 1.76 bits per heavy atom. The highest BCUT2D eigenvalue weighted by Crippen LogP contribution is 2.30. The Labute approximate surface area is 111 Å². The van der Waals surface area contributed by atoms with Crippen LogP contribution in [0.2, 0.25) is 10.0 Å². The number of benzene rings is 1. The normalized spacial score (nSPS) is 13.3. The molecule has 3 nitrogen and oxygen atoms in total. The van der Waals surface area contributed by atoms with Gasteiger partial charge in [-0.25, -0.2) is 0 Å². The van der Waals surface area contributed by atoms with Gasteiger partial charge in [0.1, 0.15) is 0 Å². The van der Waals surface area contributed by atoms with Crippen LogP contribution in [0.5, 0.6) is 0 Å². The summed E-state index contributed by atoms with van der Waals surface area (Å²) in [4.78, 5) is 11.9. The Hall–Kier alpha value is -0.770. The number of para-hydroxylation sites is 1. The molecule has 0 unspecified atom stereocenters. The van der Waals surface area contributed by atoms with Crippen molar-refractivity contribution in [1.29, 1.82) is 0 Å². The maximum atomic E-state index is 11.9. The largest absolute Gasteiger partial charge is 0.322 e. The summed E-state index contributed by atoms with van der Waals surface area (Å²) < 4.78 is 0. The van der Waals surface area contributed by atoms with Gasteiger partial charge in [0.05, 0.1) is 21.8 Å². The minimum atomic E-state index is -0.630. The van der Waals surface area contributed by atoms with Gasteiger partial charge in [-0.2, -0.15) is 0 Å². The van der Waals surface area contributed by atoms with Crippen LogP contribution in [0.3, 0.4) is 0 Å². The van der Waals surface area contributed by atoms with E-state index in [-0.39, 0.29) is 11.3 Å². The molecular formula is C12H16Cl2N2O. The summed E-state index contributed by atoms with van der Waals surface area (Å²) >= 11 is 11.9. The molecule has 0 aliphatic rings. The number of anilines is 1. The van der Waals surface area contributed by atoms with Crippen molar-refractivity contribution in [1.82, 2.24) is 0 Å². The molecular weight excluding hydrogens is 259 g/mol. The molecule has 1 aromatic carbocycles. The summed E-state index contributed by atoms with van der Waals surface area (Å²) in [5.74, 6) is -0.299. The highest BCUT2D eigenvalue weighted by atomic mass is 35.5. The summed E-state index contributed by atoms with van der Waals surface area (Å²) in [6, 6.07) is 4.40. The van der Waals surface area contributed by atoms with Gasteiger partial charge in [0.15, 0.2) is 0 Å². The zero-order valence-electron chi connectivity index (χ0n) is 10.1. The van der Waals surface area contributed by atoms with Gasteiger partial charge in [-0.05, 0) is 17.5 Å². The molecule has 0 spiro atoms. The second kappa shape index (κ2) is 5.25. The van der Waals surface area contributed by atoms with E-state index >= 15 is 0 Å². The predicted octanol–water partition coefficient (Wildman–Crippen LogP) is 3.31. The lowest BCUT2D eigenvalue weighted by molar-refractivity contribution is -0.119. The van der Waals surface area contributed by atoms with Crippen LogP contribution in [0.4, 0.5) is 5.69 Å². The number of hydrogen-bond acceptors (Lipinski definition) is 2. The summed E-state index contributed by atoms with van der Waals surface area (Å²) in [5, 5.41) is 3.45. The van der Waals surface area contributed by atoms with Crippen molar-refractivity contribution in [3.8, 4) is 0 Å². The van der Waals surface area contributed by atoms with E-state index in [4.69, 9.17) is 28.9 Å². The molecule has 0 saturated carbocycles. The van der Waals surface area contributed by atoms with Gasteiger partial charge < -0.3 is 11.1 Å². The SMILES string of the molecule is CC(C)(C)[C@H](N)C(=O)Nc1c(Cl)cccc1Cl. The Morgan fingerprint density at radius 1 is 1.29 bits per heavy atom. The van der Waals surface area contributed by atoms with Crippen molar-refractivity contribution in [2.45, 2.75) is 26.8 Å². The molecule has 0 bridgehead atoms. The second-order valence-corrected chi connectivity index (χ2v) is 5.74. The maximum Gasteiger partial charge on any atom is 0.241 e. The molecule has 5 heteroatoms. The van der Waals surface area contributed by atoms with E-state index in [1.807, 2.05) is 20.8 Å². The monoisotopic (exact) mass is 274 g/mol. The van der Waals surface area contributed by atoms with E-state index in [0.29, 0.717) is 15.7 Å². The molecule has 1 aromatic rings. The molecule has 1 atom stereocenters. The molecule has 0 aliphatic heterocycles. The van der Waals surface area contributed by atoms with Crippen LogP contribution in [-0.2, 0) is 4.79 Å². The number of carbonyl (C=O) groups is 1. The molecule has 17 heavy (non-hydrogen) atoms. The van der Waals surface area contributed by atoms with Crippen molar-refractivity contribution in [3.05, 3.63) is 28.2 Å². The average molecular weight is 275 g/mol. The fourth-order valence-electron chi connectivity index (χ4n) is 1.21. The van der Waals surface area contributed by atoms with E-state index < -0.39 is 6.04 Å². The predicted molar refractivity (Wildman–Crippen MR) is 72.5 cm³/mol. The number of halogens is 2. The van der Waals surface area contributed by atoms with Crippen LogP contribution in [-0.4, -0.2) is 11.9 Å². The van der Waals surface area contributed by atoms with Crippen molar-refractivity contribution in [3.63, 3.8) is 0 Å². The molecule has 1 amide bonds. The lowest BCUT2D eigenvalue weighted by atomic mass is 9.87. The molecule has 0 aromatic heterocycles. The average Bonchev–Trinajstić information content (AvgIpc) is 2.21. The first-order chi connectivity index (χ1) is 7.73. The highest BCUT2D eigenvalue weighted by Gasteiger charge is 2.28. The number of nitrogens with two attached hydrogens (primary N) is 1. The van der Waals surface area contributed by atoms with E-state index in [1.165, 1.54) is 0 Å². The fraction of sp³-hybridized carbons (Fsp3) is 0.417. The number of rotatable bonds is 2. The van der Waals surface area contributed by atoms with Gasteiger partial charge in [-0.1, -0.05) is 50.0 Å². The third-order valence-electron chi connectivity index (χ3n) is 2.43. The quantitative estimate of drug-likeness (QED) is 0.870. The van der Waals surface area contributed by atoms with Gasteiger partial charge in [-0.15, -0.1) is 0 Å². The number of hydrogen-bond donors (Lipinski definition) is 2. The minimum Gasteiger partial charge on any atom is -0.322 e. The topological polar surface area (TPSA) is 55.1 Å². The third kappa shape index (κ3) is 3.60. The van der Waals surface area contributed by atoms with E-state index in [2.05, 4.69) is 5.32 Å². The Morgan fingerprint density at radius 3 is 2.18 bits per heavy atom. The standard InChI is InChI=1S/C12H16Cl2N2O/c1-12(2,3)10(15)11(17)16-9-7(13)5-4-6-8(9)14/h4-6,10H,15H2,1-3H3,(H,16,17)/t10-/m1/s1. The van der Waals surface area contributed by atoms with Crippen LogP contribution in [0, 0.1) is 5.41 Å². The fourth-order valence-corrected chi connectivity index (χ4v) is 1.70. The Kier molecular flexibility index (Phi) is 4.42. The molecule has 1 rings (SSSR count). The van der Waals surface area contributed by atoms with Crippen LogP contribution >= 0.6 is 23.2 Å². The summed E-state index contributed by atoms with van der Waals surface area (Å²) in [7, 11) is 0. The Bertz CT molecular complexity index is 407. The van der Waals surface area contributed by atoms with Crippen molar-refractivity contribution < 1.29 is 4.79 Å². The first kappa shape index (κ1) is 14.3. The van der Waals surface area contributed by atoms with Gasteiger partial charge in [-0.3, -0.25) is 4.79 Å². The van der Waals surface area contributed by atoms with E-state index in [9.17, 15) is 4.79 Å². The van der Waals surface area contributed by atoms with Crippen LogP contribution < -0.4 is 11.1 Å². The van der Waals surface area contributed by atoms with Crippen molar-refractivity contribution >= 4 is 34.8 Å². The van der Waals surface area contributed by atoms with Gasteiger partial charge >= 0.3 is 0 Å². The van der Waals surface area contributed by atoms with Crippen LogP contribution in [0.1, 0.15) is 20.8 Å². The van der Waals surface area contributed by atoms with Crippen molar-refractivity contribution in [2.75, 3.05) is 5.32 Å². The number of amides is 1. The molecule has 0 radical (unpaired) electrons. The lowest BCUT2D eigenvalue weighted by Crippen LogP contribution is -2.45. The van der Waals surface area contributed by atoms with Gasteiger partial charge in [0.2, 0.25) is 5.91 Å². The third-order valence-corrected chi connectivity index (χ3v) is 3.06. The molecule has 0 fully saturated rings. The molecule has 0 aliphatic carbocycles. The smallest absolute Gasteiger partial charge is 0.241 e. The zero-order chi connectivity index (χ0) is 13.2. The van der Waals surface area contributed by atoms with Crippen molar-refractivity contribution in [2.24, 2.45) is 11.1 Å². The molecule has 3 N–H and O–H groups in total. The minimum absolute atomic E-state index is 0.299. The lowest BCUT2D eigenvalue weighted by Gasteiger charge is -2.26.